The molecule has 0 saturated heterocycles. The van der Waals surface area contributed by atoms with Crippen molar-refractivity contribution in [2.75, 3.05) is 6.61 Å². The molecule has 0 bridgehead atoms. The largest absolute Gasteiger partial charge is 0.394 e. The lowest BCUT2D eigenvalue weighted by molar-refractivity contribution is -0.123. The Balaban J connectivity index is 3.47. The molecule has 2 atom stereocenters. The lowest BCUT2D eigenvalue weighted by Crippen LogP contribution is -2.45. The lowest BCUT2D eigenvalue weighted by atomic mass is 10.0. The van der Waals surface area contributed by atoms with E-state index in [0.29, 0.717) is 6.42 Å². The van der Waals surface area contributed by atoms with Crippen LogP contribution in [0.3, 0.4) is 0 Å². The van der Waals surface area contributed by atoms with Gasteiger partial charge in [0.2, 0.25) is 5.91 Å². The summed E-state index contributed by atoms with van der Waals surface area (Å²) in [5.74, 6) is -0.0741. The Hall–Kier alpha value is -1.65. The summed E-state index contributed by atoms with van der Waals surface area (Å²) in [6, 6.07) is -0.645. The fraction of sp³-hybridized carbons (Fsp3) is 0.845. The molecule has 0 radical (unpaired) electrons. The Morgan fingerprint density at radius 2 is 0.629 bits per heavy atom. The van der Waals surface area contributed by atoms with E-state index in [1.165, 1.54) is 238 Å². The topological polar surface area (TPSA) is 69.6 Å². The van der Waals surface area contributed by atoms with Crippen molar-refractivity contribution >= 4 is 5.91 Å². The molecule has 3 N–H and O–H groups in total. The number of allylic oxidation sites excluding steroid dienone is 7. The predicted octanol–water partition coefficient (Wildman–Crippen LogP) is 18.3. The molecule has 0 aromatic carbocycles. The summed E-state index contributed by atoms with van der Waals surface area (Å²) in [5, 5.41) is 23.1. The number of amides is 1. The first-order chi connectivity index (χ1) is 30.7. The van der Waals surface area contributed by atoms with E-state index in [1.54, 1.807) is 6.08 Å². The standard InChI is InChI=1S/C58H109NO3/c1-3-5-7-9-11-13-15-17-19-21-22-23-24-25-26-27-28-29-30-31-32-33-34-35-36-38-40-42-44-46-48-50-52-54-58(62)59-56(55-60)57(61)53-51-49-47-45-43-41-39-37-20-18-16-14-12-10-8-6-4-2/h20-22,37,43,45,51,53,56-57,60-61H,3-19,23-36,38-42,44,46-50,52,54-55H2,1-2H3,(H,59,62)/b22-21-,37-20+,45-43+,53-51+. The molecular weight excluding hydrogens is 759 g/mol. The molecule has 0 rings (SSSR count). The smallest absolute Gasteiger partial charge is 0.220 e. The van der Waals surface area contributed by atoms with Gasteiger partial charge in [-0.25, -0.2) is 0 Å². The second-order valence-corrected chi connectivity index (χ2v) is 19.0. The van der Waals surface area contributed by atoms with E-state index in [1.807, 2.05) is 6.08 Å². The number of nitrogens with one attached hydrogen (secondary N) is 1. The van der Waals surface area contributed by atoms with Crippen LogP contribution in [0.5, 0.6) is 0 Å². The molecule has 4 nitrogen and oxygen atoms in total. The van der Waals surface area contributed by atoms with Crippen molar-refractivity contribution in [3.8, 4) is 0 Å². The zero-order valence-corrected chi connectivity index (χ0v) is 41.9. The Bertz CT molecular complexity index is 985. The number of unbranched alkanes of at least 4 members (excludes halogenated alkanes) is 38. The molecule has 0 aromatic rings. The molecule has 0 fully saturated rings. The van der Waals surface area contributed by atoms with Gasteiger partial charge in [-0.05, 0) is 70.6 Å². The van der Waals surface area contributed by atoms with Crippen LogP contribution in [-0.2, 0) is 4.79 Å². The first-order valence-electron chi connectivity index (χ1n) is 27.9. The van der Waals surface area contributed by atoms with Crippen molar-refractivity contribution in [3.05, 3.63) is 48.6 Å². The van der Waals surface area contributed by atoms with Crippen LogP contribution in [0.15, 0.2) is 48.6 Å². The van der Waals surface area contributed by atoms with Gasteiger partial charge in [-0.15, -0.1) is 0 Å². The highest BCUT2D eigenvalue weighted by Crippen LogP contribution is 2.17. The SMILES string of the molecule is CCCCCCCCC/C=C/CC/C=C/CC/C=C/C(O)C(CO)NC(=O)CCCCCCCCCCCCCCCCCCCCCCC/C=C\CCCCCCCCCC. The van der Waals surface area contributed by atoms with Gasteiger partial charge in [-0.2, -0.15) is 0 Å². The fourth-order valence-corrected chi connectivity index (χ4v) is 8.50. The zero-order chi connectivity index (χ0) is 44.9. The van der Waals surface area contributed by atoms with Crippen LogP contribution in [-0.4, -0.2) is 34.9 Å². The van der Waals surface area contributed by atoms with Crippen molar-refractivity contribution in [3.63, 3.8) is 0 Å². The maximum Gasteiger partial charge on any atom is 0.220 e. The van der Waals surface area contributed by atoms with E-state index in [4.69, 9.17) is 0 Å². The fourth-order valence-electron chi connectivity index (χ4n) is 8.50. The Morgan fingerprint density at radius 3 is 0.935 bits per heavy atom. The Kier molecular flexibility index (Phi) is 52.3. The predicted molar refractivity (Wildman–Crippen MR) is 276 cm³/mol. The summed E-state index contributed by atoms with van der Waals surface area (Å²) >= 11 is 0. The molecule has 0 aliphatic carbocycles. The number of carbonyl (C=O) groups is 1. The summed E-state index contributed by atoms with van der Waals surface area (Å²) in [6.07, 6.45) is 74.2. The Morgan fingerprint density at radius 1 is 0.371 bits per heavy atom. The van der Waals surface area contributed by atoms with E-state index < -0.39 is 12.1 Å². The lowest BCUT2D eigenvalue weighted by Gasteiger charge is -2.19. The molecule has 0 saturated carbocycles. The molecule has 1 amide bonds. The van der Waals surface area contributed by atoms with Crippen molar-refractivity contribution in [1.82, 2.24) is 5.32 Å². The highest BCUT2D eigenvalue weighted by atomic mass is 16.3. The van der Waals surface area contributed by atoms with Crippen molar-refractivity contribution in [2.45, 2.75) is 309 Å². The number of hydrogen-bond acceptors (Lipinski definition) is 3. The minimum Gasteiger partial charge on any atom is -0.394 e. The second-order valence-electron chi connectivity index (χ2n) is 19.0. The highest BCUT2D eigenvalue weighted by molar-refractivity contribution is 5.76. The van der Waals surface area contributed by atoms with Crippen molar-refractivity contribution in [1.29, 1.82) is 0 Å². The maximum atomic E-state index is 12.4. The average molecular weight is 869 g/mol. The van der Waals surface area contributed by atoms with Crippen LogP contribution in [0.25, 0.3) is 0 Å². The molecule has 62 heavy (non-hydrogen) atoms. The van der Waals surface area contributed by atoms with E-state index in [-0.39, 0.29) is 12.5 Å². The molecule has 0 aromatic heterocycles. The highest BCUT2D eigenvalue weighted by Gasteiger charge is 2.18. The van der Waals surface area contributed by atoms with Gasteiger partial charge < -0.3 is 15.5 Å². The third kappa shape index (κ3) is 49.4. The van der Waals surface area contributed by atoms with Crippen molar-refractivity contribution < 1.29 is 15.0 Å². The van der Waals surface area contributed by atoms with E-state index in [9.17, 15) is 15.0 Å². The first kappa shape index (κ1) is 60.4. The number of hydrogen-bond donors (Lipinski definition) is 3. The summed E-state index contributed by atoms with van der Waals surface area (Å²) in [6.45, 7) is 4.30. The number of aliphatic hydroxyl groups is 2. The minimum atomic E-state index is -0.869. The number of carbonyl (C=O) groups excluding carboxylic acids is 1. The number of rotatable bonds is 51. The quantitative estimate of drug-likeness (QED) is 0.0421. The first-order valence-corrected chi connectivity index (χ1v) is 27.9. The second kappa shape index (κ2) is 53.7. The van der Waals surface area contributed by atoms with Crippen LogP contribution >= 0.6 is 0 Å². The van der Waals surface area contributed by atoms with Gasteiger partial charge in [-0.3, -0.25) is 4.79 Å². The molecule has 4 heteroatoms. The third-order valence-electron chi connectivity index (χ3n) is 12.8. The molecule has 0 aliphatic rings. The average Bonchev–Trinajstić information content (AvgIpc) is 3.28. The molecule has 0 heterocycles. The van der Waals surface area contributed by atoms with Gasteiger partial charge in [0.05, 0.1) is 18.8 Å². The summed E-state index contributed by atoms with van der Waals surface area (Å²) in [7, 11) is 0. The monoisotopic (exact) mass is 868 g/mol. The molecule has 364 valence electrons. The van der Waals surface area contributed by atoms with Crippen LogP contribution in [0.2, 0.25) is 0 Å². The van der Waals surface area contributed by atoms with E-state index in [0.717, 1.165) is 38.5 Å². The van der Waals surface area contributed by atoms with E-state index in [2.05, 4.69) is 55.6 Å². The van der Waals surface area contributed by atoms with Gasteiger partial charge in [0, 0.05) is 6.42 Å². The summed E-state index contributed by atoms with van der Waals surface area (Å²) in [4.78, 5) is 12.4. The molecule has 0 aliphatic heterocycles. The number of aliphatic hydroxyl groups excluding tert-OH is 2. The minimum absolute atomic E-state index is 0.0741. The van der Waals surface area contributed by atoms with Crippen molar-refractivity contribution in [2.24, 2.45) is 0 Å². The third-order valence-corrected chi connectivity index (χ3v) is 12.8. The van der Waals surface area contributed by atoms with Crippen LogP contribution in [0.4, 0.5) is 0 Å². The van der Waals surface area contributed by atoms with Gasteiger partial charge in [0.1, 0.15) is 0 Å². The Labute approximate surface area is 388 Å². The van der Waals surface area contributed by atoms with Gasteiger partial charge in [0.15, 0.2) is 0 Å². The van der Waals surface area contributed by atoms with Crippen LogP contribution in [0.1, 0.15) is 296 Å². The van der Waals surface area contributed by atoms with Gasteiger partial charge >= 0.3 is 0 Å². The molecular formula is C58H109NO3. The zero-order valence-electron chi connectivity index (χ0n) is 41.9. The van der Waals surface area contributed by atoms with Gasteiger partial charge in [0.25, 0.3) is 0 Å². The van der Waals surface area contributed by atoms with Gasteiger partial charge in [-0.1, -0.05) is 268 Å². The van der Waals surface area contributed by atoms with Crippen LogP contribution < -0.4 is 5.32 Å². The molecule has 0 spiro atoms. The summed E-state index contributed by atoms with van der Waals surface area (Å²) < 4.78 is 0. The maximum absolute atomic E-state index is 12.4. The molecule has 2 unspecified atom stereocenters. The van der Waals surface area contributed by atoms with Crippen LogP contribution in [0, 0.1) is 0 Å². The summed E-state index contributed by atoms with van der Waals surface area (Å²) in [5.41, 5.74) is 0. The normalized spacial score (nSPS) is 13.2. The van der Waals surface area contributed by atoms with E-state index >= 15 is 0 Å².